The van der Waals surface area contributed by atoms with Gasteiger partial charge in [-0.1, -0.05) is 36.4 Å². The second-order valence-electron chi connectivity index (χ2n) is 7.63. The van der Waals surface area contributed by atoms with Crippen molar-refractivity contribution in [3.63, 3.8) is 0 Å². The topological polar surface area (TPSA) is 61.0 Å². The number of ether oxygens (including phenoxy) is 2. The molecular weight excluding hydrogens is 392 g/mol. The first-order valence-corrected chi connectivity index (χ1v) is 10.3. The molecule has 1 aliphatic rings. The van der Waals surface area contributed by atoms with E-state index in [0.717, 1.165) is 29.8 Å². The van der Waals surface area contributed by atoms with Crippen LogP contribution in [0.3, 0.4) is 0 Å². The lowest BCUT2D eigenvalue weighted by molar-refractivity contribution is 0.153. The van der Waals surface area contributed by atoms with Crippen LogP contribution in [0.5, 0.6) is 11.5 Å². The van der Waals surface area contributed by atoms with Gasteiger partial charge in [-0.2, -0.15) is 4.68 Å². The lowest BCUT2D eigenvalue weighted by Crippen LogP contribution is -2.40. The number of aromatic nitrogens is 3. The number of fused-ring (bicyclic) bond motifs is 2. The molecule has 0 radical (unpaired) electrons. The van der Waals surface area contributed by atoms with Gasteiger partial charge in [-0.15, -0.1) is 5.10 Å². The molecular formula is C24H24N4O3. The summed E-state index contributed by atoms with van der Waals surface area (Å²) in [5, 5.41) is 4.53. The summed E-state index contributed by atoms with van der Waals surface area (Å²) in [7, 11) is 3.31. The number of hydrogen-bond acceptors (Lipinski definition) is 5. The van der Waals surface area contributed by atoms with E-state index in [1.807, 2.05) is 36.4 Å². The maximum atomic E-state index is 12.9. The van der Waals surface area contributed by atoms with Gasteiger partial charge in [0.15, 0.2) is 17.1 Å². The number of pyridine rings is 1. The van der Waals surface area contributed by atoms with Gasteiger partial charge in [0.25, 0.3) is 0 Å². The van der Waals surface area contributed by atoms with E-state index in [2.05, 4.69) is 34.3 Å². The molecule has 1 atom stereocenters. The van der Waals surface area contributed by atoms with Crippen LogP contribution >= 0.6 is 0 Å². The molecule has 0 bridgehead atoms. The zero-order valence-corrected chi connectivity index (χ0v) is 17.6. The molecule has 0 saturated carbocycles. The van der Waals surface area contributed by atoms with Gasteiger partial charge in [-0.25, -0.2) is 4.79 Å². The van der Waals surface area contributed by atoms with Crippen LogP contribution in [-0.2, 0) is 13.1 Å². The summed E-state index contributed by atoms with van der Waals surface area (Å²) >= 11 is 0. The highest BCUT2D eigenvalue weighted by molar-refractivity contribution is 5.51. The van der Waals surface area contributed by atoms with Crippen molar-refractivity contribution in [3.05, 3.63) is 94.0 Å². The predicted molar refractivity (Wildman–Crippen MR) is 118 cm³/mol. The molecule has 3 heterocycles. The SMILES string of the molecule is COc1cc2c(cc1OC)[C@H](c1ccccc1)N(Cn1nc3ccccn3c1=O)CC2. The van der Waals surface area contributed by atoms with Crippen LogP contribution in [0.15, 0.2) is 71.7 Å². The minimum Gasteiger partial charge on any atom is -0.493 e. The molecule has 5 rings (SSSR count). The molecule has 0 amide bonds. The third-order valence-electron chi connectivity index (χ3n) is 5.89. The highest BCUT2D eigenvalue weighted by atomic mass is 16.5. The van der Waals surface area contributed by atoms with Gasteiger partial charge in [0, 0.05) is 12.7 Å². The first-order chi connectivity index (χ1) is 15.2. The van der Waals surface area contributed by atoms with Gasteiger partial charge < -0.3 is 9.47 Å². The number of methoxy groups -OCH3 is 2. The smallest absolute Gasteiger partial charge is 0.351 e. The third kappa shape index (κ3) is 3.37. The normalized spacial score (nSPS) is 16.3. The highest BCUT2D eigenvalue weighted by Crippen LogP contribution is 2.41. The fourth-order valence-corrected chi connectivity index (χ4v) is 4.41. The maximum Gasteiger partial charge on any atom is 0.351 e. The van der Waals surface area contributed by atoms with E-state index in [9.17, 15) is 4.79 Å². The molecule has 0 aliphatic carbocycles. The molecule has 0 fully saturated rings. The minimum absolute atomic E-state index is 0.0264. The van der Waals surface area contributed by atoms with E-state index in [0.29, 0.717) is 18.1 Å². The quantitative estimate of drug-likeness (QED) is 0.500. The van der Waals surface area contributed by atoms with Crippen LogP contribution in [0.2, 0.25) is 0 Å². The van der Waals surface area contributed by atoms with Crippen molar-refractivity contribution in [2.75, 3.05) is 20.8 Å². The monoisotopic (exact) mass is 416 g/mol. The Balaban J connectivity index is 1.60. The average molecular weight is 416 g/mol. The molecule has 7 heteroatoms. The Morgan fingerprint density at radius 2 is 1.74 bits per heavy atom. The van der Waals surface area contributed by atoms with Crippen LogP contribution < -0.4 is 15.2 Å². The van der Waals surface area contributed by atoms with Crippen LogP contribution in [0, 0.1) is 0 Å². The summed E-state index contributed by atoms with van der Waals surface area (Å²) < 4.78 is 14.2. The molecule has 2 aromatic carbocycles. The van der Waals surface area contributed by atoms with Gasteiger partial charge >= 0.3 is 5.69 Å². The zero-order valence-electron chi connectivity index (χ0n) is 17.6. The van der Waals surface area contributed by atoms with Gasteiger partial charge in [0.05, 0.1) is 26.9 Å². The van der Waals surface area contributed by atoms with E-state index < -0.39 is 0 Å². The van der Waals surface area contributed by atoms with Crippen molar-refractivity contribution >= 4 is 5.65 Å². The Morgan fingerprint density at radius 3 is 2.48 bits per heavy atom. The second kappa shape index (κ2) is 7.92. The largest absolute Gasteiger partial charge is 0.493 e. The number of benzene rings is 2. The van der Waals surface area contributed by atoms with Crippen molar-refractivity contribution in [1.82, 2.24) is 19.1 Å². The van der Waals surface area contributed by atoms with Crippen molar-refractivity contribution < 1.29 is 9.47 Å². The highest BCUT2D eigenvalue weighted by Gasteiger charge is 2.31. The number of rotatable bonds is 5. The Hall–Kier alpha value is -3.58. The second-order valence-corrected chi connectivity index (χ2v) is 7.63. The average Bonchev–Trinajstić information content (AvgIpc) is 3.13. The van der Waals surface area contributed by atoms with Crippen molar-refractivity contribution in [2.24, 2.45) is 0 Å². The summed E-state index contributed by atoms with van der Waals surface area (Å²) in [4.78, 5) is 15.2. The summed E-state index contributed by atoms with van der Waals surface area (Å²) in [5.74, 6) is 1.44. The third-order valence-corrected chi connectivity index (χ3v) is 5.89. The Kier molecular flexibility index (Phi) is 4.95. The first kappa shape index (κ1) is 19.4. The van der Waals surface area contributed by atoms with Crippen molar-refractivity contribution in [2.45, 2.75) is 19.1 Å². The molecule has 0 N–H and O–H groups in total. The molecule has 158 valence electrons. The Labute approximate surface area is 180 Å². The van der Waals surface area contributed by atoms with Crippen molar-refractivity contribution in [3.8, 4) is 11.5 Å². The van der Waals surface area contributed by atoms with Gasteiger partial charge in [-0.3, -0.25) is 9.30 Å². The van der Waals surface area contributed by atoms with E-state index in [1.165, 1.54) is 10.2 Å². The molecule has 1 aliphatic heterocycles. The van der Waals surface area contributed by atoms with Crippen LogP contribution in [-0.4, -0.2) is 39.8 Å². The van der Waals surface area contributed by atoms with Gasteiger partial charge in [0.2, 0.25) is 0 Å². The summed E-state index contributed by atoms with van der Waals surface area (Å²) in [6.07, 6.45) is 2.60. The Morgan fingerprint density at radius 1 is 1.00 bits per heavy atom. The van der Waals surface area contributed by atoms with E-state index in [-0.39, 0.29) is 11.7 Å². The van der Waals surface area contributed by atoms with E-state index in [1.54, 1.807) is 24.8 Å². The summed E-state index contributed by atoms with van der Waals surface area (Å²) in [6, 6.07) is 20.0. The van der Waals surface area contributed by atoms with Crippen LogP contribution in [0.4, 0.5) is 0 Å². The Bertz CT molecular complexity index is 1280. The van der Waals surface area contributed by atoms with Crippen LogP contribution in [0.25, 0.3) is 5.65 Å². The number of hydrogen-bond donors (Lipinski definition) is 0. The molecule has 2 aromatic heterocycles. The fraction of sp³-hybridized carbons (Fsp3) is 0.250. The van der Waals surface area contributed by atoms with Crippen molar-refractivity contribution in [1.29, 1.82) is 0 Å². The standard InChI is InChI=1S/C24H24N4O3/c1-30-20-14-18-11-13-26(16-28-24(29)27-12-7-6-10-22(27)25-28)23(17-8-4-3-5-9-17)19(18)15-21(20)31-2/h3-10,12,14-15,23H,11,13,16H2,1-2H3/t23-/m0/s1. The molecule has 31 heavy (non-hydrogen) atoms. The molecule has 4 aromatic rings. The predicted octanol–water partition coefficient (Wildman–Crippen LogP) is 3.12. The molecule has 0 saturated heterocycles. The number of nitrogens with zero attached hydrogens (tertiary/aromatic N) is 4. The molecule has 0 spiro atoms. The van der Waals surface area contributed by atoms with E-state index in [4.69, 9.17) is 9.47 Å². The lowest BCUT2D eigenvalue weighted by Gasteiger charge is -2.37. The lowest BCUT2D eigenvalue weighted by atomic mass is 9.88. The van der Waals surface area contributed by atoms with Gasteiger partial charge in [-0.05, 0) is 47.4 Å². The molecule has 0 unspecified atom stereocenters. The molecule has 7 nitrogen and oxygen atoms in total. The first-order valence-electron chi connectivity index (χ1n) is 10.3. The summed E-state index contributed by atoms with van der Waals surface area (Å²) in [5.41, 5.74) is 4.05. The fourth-order valence-electron chi connectivity index (χ4n) is 4.41. The maximum absolute atomic E-state index is 12.9. The zero-order chi connectivity index (χ0) is 21.4. The van der Waals surface area contributed by atoms with Gasteiger partial charge in [0.1, 0.15) is 0 Å². The van der Waals surface area contributed by atoms with Crippen LogP contribution in [0.1, 0.15) is 22.7 Å². The minimum atomic E-state index is -0.138. The van der Waals surface area contributed by atoms with E-state index >= 15 is 0 Å². The summed E-state index contributed by atoms with van der Waals surface area (Å²) in [6.45, 7) is 1.19.